The molecule has 27 heavy (non-hydrogen) atoms. The van der Waals surface area contributed by atoms with Crippen LogP contribution in [-0.4, -0.2) is 40.3 Å². The van der Waals surface area contributed by atoms with Crippen LogP contribution in [0.3, 0.4) is 0 Å². The van der Waals surface area contributed by atoms with Crippen LogP contribution < -0.4 is 20.1 Å². The molecule has 0 spiro atoms. The normalized spacial score (nSPS) is 14.4. The van der Waals surface area contributed by atoms with E-state index in [9.17, 15) is 13.2 Å². The molecule has 0 unspecified atom stereocenters. The smallest absolute Gasteiger partial charge is 0.238 e. The number of carbonyl (C=O) groups excluding carboxylic acids is 1. The Bertz CT molecular complexity index is 943. The number of ether oxygens (including phenoxy) is 2. The molecule has 7 nitrogen and oxygen atoms in total. The number of amides is 1. The molecule has 8 heteroatoms. The molecule has 1 amide bonds. The maximum absolute atomic E-state index is 12.2. The van der Waals surface area contributed by atoms with Crippen molar-refractivity contribution in [2.24, 2.45) is 0 Å². The predicted octanol–water partition coefficient (Wildman–Crippen LogP) is 2.15. The fourth-order valence-corrected chi connectivity index (χ4v) is 3.37. The van der Waals surface area contributed by atoms with Gasteiger partial charge in [0, 0.05) is 18.0 Å². The quantitative estimate of drug-likeness (QED) is 0.785. The molecule has 0 saturated carbocycles. The first-order chi connectivity index (χ1) is 12.8. The number of rotatable bonds is 6. The topological polar surface area (TPSA) is 93.7 Å². The summed E-state index contributed by atoms with van der Waals surface area (Å²) in [7, 11) is -3.32. The molecule has 1 atom stereocenters. The van der Waals surface area contributed by atoms with E-state index < -0.39 is 9.84 Å². The van der Waals surface area contributed by atoms with E-state index >= 15 is 0 Å². The lowest BCUT2D eigenvalue weighted by Crippen LogP contribution is -2.30. The number of benzene rings is 2. The summed E-state index contributed by atoms with van der Waals surface area (Å²) in [5.41, 5.74) is 1.42. The van der Waals surface area contributed by atoms with Gasteiger partial charge >= 0.3 is 0 Å². The Balaban J connectivity index is 1.57. The minimum atomic E-state index is -3.32. The van der Waals surface area contributed by atoms with Gasteiger partial charge in [-0.15, -0.1) is 0 Å². The molecule has 0 saturated heterocycles. The van der Waals surface area contributed by atoms with Gasteiger partial charge in [-0.3, -0.25) is 4.79 Å². The highest BCUT2D eigenvalue weighted by Crippen LogP contribution is 2.32. The number of hydrogen-bond acceptors (Lipinski definition) is 6. The third-order valence-electron chi connectivity index (χ3n) is 4.18. The third kappa shape index (κ3) is 4.99. The van der Waals surface area contributed by atoms with Crippen molar-refractivity contribution in [1.29, 1.82) is 0 Å². The molecule has 1 aliphatic heterocycles. The lowest BCUT2D eigenvalue weighted by atomic mass is 10.1. The number of anilines is 1. The Morgan fingerprint density at radius 2 is 1.85 bits per heavy atom. The predicted molar refractivity (Wildman–Crippen MR) is 102 cm³/mol. The third-order valence-corrected chi connectivity index (χ3v) is 5.29. The number of nitrogens with one attached hydrogen (secondary N) is 2. The SMILES string of the molecule is C[C@@H](NCC(=O)Nc1cccc(S(C)(=O)=O)c1)c1ccc2c(c1)OCCO2. The van der Waals surface area contributed by atoms with Crippen molar-refractivity contribution in [3.05, 3.63) is 48.0 Å². The van der Waals surface area contributed by atoms with Gasteiger partial charge < -0.3 is 20.1 Å². The van der Waals surface area contributed by atoms with Crippen LogP contribution in [0.2, 0.25) is 0 Å². The number of sulfone groups is 1. The minimum Gasteiger partial charge on any atom is -0.486 e. The Labute approximate surface area is 158 Å². The average Bonchev–Trinajstić information content (AvgIpc) is 2.65. The van der Waals surface area contributed by atoms with Crippen molar-refractivity contribution in [3.8, 4) is 11.5 Å². The summed E-state index contributed by atoms with van der Waals surface area (Å²) in [6, 6.07) is 11.8. The van der Waals surface area contributed by atoms with E-state index in [2.05, 4.69) is 10.6 Å². The summed E-state index contributed by atoms with van der Waals surface area (Å²) in [5, 5.41) is 5.84. The summed E-state index contributed by atoms with van der Waals surface area (Å²) in [4.78, 5) is 12.3. The van der Waals surface area contributed by atoms with Crippen LogP contribution in [0, 0.1) is 0 Å². The van der Waals surface area contributed by atoms with E-state index in [4.69, 9.17) is 9.47 Å². The molecule has 2 N–H and O–H groups in total. The van der Waals surface area contributed by atoms with Crippen molar-refractivity contribution in [2.45, 2.75) is 17.9 Å². The maximum Gasteiger partial charge on any atom is 0.238 e. The lowest BCUT2D eigenvalue weighted by Gasteiger charge is -2.21. The van der Waals surface area contributed by atoms with Crippen molar-refractivity contribution in [2.75, 3.05) is 31.3 Å². The van der Waals surface area contributed by atoms with Crippen molar-refractivity contribution < 1.29 is 22.7 Å². The Morgan fingerprint density at radius 1 is 1.11 bits per heavy atom. The summed E-state index contributed by atoms with van der Waals surface area (Å²) in [6.45, 7) is 3.09. The van der Waals surface area contributed by atoms with Crippen LogP contribution in [0.25, 0.3) is 0 Å². The van der Waals surface area contributed by atoms with Gasteiger partial charge in [0.1, 0.15) is 13.2 Å². The van der Waals surface area contributed by atoms with Gasteiger partial charge in [0.05, 0.1) is 11.4 Å². The summed E-state index contributed by atoms with van der Waals surface area (Å²) < 4.78 is 34.3. The minimum absolute atomic E-state index is 0.0751. The average molecular weight is 390 g/mol. The summed E-state index contributed by atoms with van der Waals surface area (Å²) in [6.07, 6.45) is 1.13. The molecule has 0 bridgehead atoms. The number of hydrogen-bond donors (Lipinski definition) is 2. The van der Waals surface area contributed by atoms with E-state index in [-0.39, 0.29) is 23.4 Å². The van der Waals surface area contributed by atoms with Crippen molar-refractivity contribution in [3.63, 3.8) is 0 Å². The molecule has 0 aliphatic carbocycles. The molecule has 144 valence electrons. The lowest BCUT2D eigenvalue weighted by molar-refractivity contribution is -0.115. The Morgan fingerprint density at radius 3 is 2.59 bits per heavy atom. The fourth-order valence-electron chi connectivity index (χ4n) is 2.70. The van der Waals surface area contributed by atoms with Gasteiger partial charge in [-0.05, 0) is 42.8 Å². The maximum atomic E-state index is 12.2. The monoisotopic (exact) mass is 390 g/mol. The molecule has 1 heterocycles. The van der Waals surface area contributed by atoms with Gasteiger partial charge in [-0.2, -0.15) is 0 Å². The van der Waals surface area contributed by atoms with Crippen LogP contribution in [0.1, 0.15) is 18.5 Å². The molecule has 3 rings (SSSR count). The fraction of sp³-hybridized carbons (Fsp3) is 0.316. The molecule has 0 radical (unpaired) electrons. The first-order valence-electron chi connectivity index (χ1n) is 8.56. The second-order valence-electron chi connectivity index (χ2n) is 6.35. The second kappa shape index (κ2) is 7.98. The summed E-state index contributed by atoms with van der Waals surface area (Å²) >= 11 is 0. The molecule has 2 aromatic carbocycles. The highest BCUT2D eigenvalue weighted by atomic mass is 32.2. The standard InChI is InChI=1S/C19H22N2O5S/c1-13(14-6-7-17-18(10-14)26-9-8-25-17)20-12-19(22)21-15-4-3-5-16(11-15)27(2,23)24/h3-7,10-11,13,20H,8-9,12H2,1-2H3,(H,21,22)/t13-/m1/s1. The number of carbonyl (C=O) groups is 1. The molecular weight excluding hydrogens is 368 g/mol. The van der Waals surface area contributed by atoms with Crippen molar-refractivity contribution in [1.82, 2.24) is 5.32 Å². The Kier molecular flexibility index (Phi) is 5.67. The van der Waals surface area contributed by atoms with Gasteiger partial charge in [0.25, 0.3) is 0 Å². The highest BCUT2D eigenvalue weighted by molar-refractivity contribution is 7.90. The van der Waals surface area contributed by atoms with E-state index in [1.807, 2.05) is 25.1 Å². The zero-order chi connectivity index (χ0) is 19.4. The van der Waals surface area contributed by atoms with Crippen LogP contribution >= 0.6 is 0 Å². The van der Waals surface area contributed by atoms with Crippen LogP contribution in [0.5, 0.6) is 11.5 Å². The first kappa shape index (κ1) is 19.2. The van der Waals surface area contributed by atoms with Crippen molar-refractivity contribution >= 4 is 21.4 Å². The highest BCUT2D eigenvalue weighted by Gasteiger charge is 2.15. The van der Waals surface area contributed by atoms with E-state index in [0.717, 1.165) is 17.6 Å². The molecular formula is C19H22N2O5S. The van der Waals surface area contributed by atoms with Gasteiger partial charge in [0.15, 0.2) is 21.3 Å². The zero-order valence-electron chi connectivity index (χ0n) is 15.2. The zero-order valence-corrected chi connectivity index (χ0v) is 16.0. The first-order valence-corrected chi connectivity index (χ1v) is 10.4. The van der Waals surface area contributed by atoms with Gasteiger partial charge in [-0.25, -0.2) is 8.42 Å². The summed E-state index contributed by atoms with van der Waals surface area (Å²) in [5.74, 6) is 1.17. The van der Waals surface area contributed by atoms with Crippen LogP contribution in [-0.2, 0) is 14.6 Å². The second-order valence-corrected chi connectivity index (χ2v) is 8.37. The van der Waals surface area contributed by atoms with Crippen LogP contribution in [0.15, 0.2) is 47.4 Å². The van der Waals surface area contributed by atoms with Crippen LogP contribution in [0.4, 0.5) is 5.69 Å². The number of fused-ring (bicyclic) bond motifs is 1. The van der Waals surface area contributed by atoms with Gasteiger partial charge in [0.2, 0.25) is 5.91 Å². The molecule has 0 fully saturated rings. The van der Waals surface area contributed by atoms with E-state index in [1.54, 1.807) is 12.1 Å². The van der Waals surface area contributed by atoms with Gasteiger partial charge in [-0.1, -0.05) is 12.1 Å². The van der Waals surface area contributed by atoms with E-state index in [0.29, 0.717) is 24.7 Å². The molecule has 0 aromatic heterocycles. The van der Waals surface area contributed by atoms with E-state index in [1.165, 1.54) is 12.1 Å². The molecule has 2 aromatic rings. The molecule has 1 aliphatic rings. The Hall–Kier alpha value is -2.58. The largest absolute Gasteiger partial charge is 0.486 e.